The van der Waals surface area contributed by atoms with Crippen LogP contribution in [0.25, 0.3) is 0 Å². The predicted octanol–water partition coefficient (Wildman–Crippen LogP) is 0.468. The lowest BCUT2D eigenvalue weighted by Gasteiger charge is -1.96. The van der Waals surface area contributed by atoms with Crippen LogP contribution in [0.5, 0.6) is 0 Å². The first-order chi connectivity index (χ1) is 5.24. The highest BCUT2D eigenvalue weighted by Crippen LogP contribution is 1.95. The van der Waals surface area contributed by atoms with Crippen molar-refractivity contribution in [2.75, 3.05) is 0 Å². The molecule has 0 unspecified atom stereocenters. The summed E-state index contributed by atoms with van der Waals surface area (Å²) in [6.07, 6.45) is 1.97. The van der Waals surface area contributed by atoms with Crippen LogP contribution in [0.2, 0.25) is 0 Å². The highest BCUT2D eigenvalue weighted by molar-refractivity contribution is 6.32. The first-order valence-electron chi connectivity index (χ1n) is 3.48. The van der Waals surface area contributed by atoms with Gasteiger partial charge in [-0.15, -0.1) is 0 Å². The van der Waals surface area contributed by atoms with Gasteiger partial charge in [-0.25, -0.2) is 0 Å². The summed E-state index contributed by atoms with van der Waals surface area (Å²) in [4.78, 5) is 14.9. The zero-order chi connectivity index (χ0) is 8.27. The summed E-state index contributed by atoms with van der Waals surface area (Å²) in [5.41, 5.74) is 1.07. The highest BCUT2D eigenvalue weighted by Gasteiger charge is 2.01. The van der Waals surface area contributed by atoms with Crippen LogP contribution in [0, 0.1) is 0 Å². The molecule has 1 heterocycles. The lowest BCUT2D eigenvalue weighted by molar-refractivity contribution is 0.0983. The molecule has 2 radical (unpaired) electrons. The van der Waals surface area contributed by atoms with Gasteiger partial charge in [-0.05, 0) is 6.07 Å². The second-order valence-corrected chi connectivity index (χ2v) is 2.25. The van der Waals surface area contributed by atoms with E-state index in [1.54, 1.807) is 19.1 Å². The molecule has 0 amide bonds. The van der Waals surface area contributed by atoms with Crippen molar-refractivity contribution >= 4 is 19.1 Å². The molecule has 1 aromatic rings. The molecule has 0 aliphatic carbocycles. The van der Waals surface area contributed by atoms with E-state index < -0.39 is 0 Å². The third-order valence-corrected chi connectivity index (χ3v) is 1.39. The van der Waals surface area contributed by atoms with Crippen LogP contribution in [-0.2, 0) is 0 Å². The third-order valence-electron chi connectivity index (χ3n) is 1.39. The molecule has 54 valence electrons. The zero-order valence-electron chi connectivity index (χ0n) is 6.37. The smallest absolute Gasteiger partial charge is 0.180 e. The summed E-state index contributed by atoms with van der Waals surface area (Å²) in [5.74, 6) is 0.0463. The molecule has 11 heavy (non-hydrogen) atoms. The average Bonchev–Trinajstić information content (AvgIpc) is 2.05. The van der Waals surface area contributed by atoms with Crippen molar-refractivity contribution < 1.29 is 4.79 Å². The third kappa shape index (κ3) is 1.90. The summed E-state index contributed by atoms with van der Waals surface area (Å²) in [5, 5.41) is 0. The van der Waals surface area contributed by atoms with Crippen LogP contribution in [0.3, 0.4) is 0 Å². The van der Waals surface area contributed by atoms with Crippen LogP contribution in [0.1, 0.15) is 23.8 Å². The first-order valence-corrected chi connectivity index (χ1v) is 3.48. The number of aromatic nitrogens is 1. The number of carbonyl (C=O) groups excluding carboxylic acids is 1. The van der Waals surface area contributed by atoms with E-state index in [2.05, 4.69) is 4.98 Å². The number of Topliss-reactive ketones (excluding diaryl/α,β-unsaturated/α-hetero) is 1. The number of hydrogen-bond donors (Lipinski definition) is 0. The maximum Gasteiger partial charge on any atom is 0.180 e. The topological polar surface area (TPSA) is 30.0 Å². The first kappa shape index (κ1) is 7.99. The fraction of sp³-hybridized carbons (Fsp3) is 0.250. The summed E-state index contributed by atoms with van der Waals surface area (Å²) >= 11 is 0. The lowest BCUT2D eigenvalue weighted by Crippen LogP contribution is -2.07. The Hall–Kier alpha value is -1.12. The standard InChI is InChI=1S/C8H8BNO/c1-2-8(11)7-4-3-6(9)5-10-7/h3-5H,2H2,1H3. The molecule has 0 aromatic carbocycles. The van der Waals surface area contributed by atoms with Gasteiger partial charge in [0.2, 0.25) is 0 Å². The average molecular weight is 145 g/mol. The van der Waals surface area contributed by atoms with Gasteiger partial charge in [0.1, 0.15) is 13.5 Å². The maximum absolute atomic E-state index is 11.0. The van der Waals surface area contributed by atoms with Crippen molar-refractivity contribution in [1.82, 2.24) is 4.98 Å². The molecular formula is C8H8BNO. The van der Waals surface area contributed by atoms with Crippen molar-refractivity contribution in [3.63, 3.8) is 0 Å². The molecule has 0 atom stereocenters. The largest absolute Gasteiger partial charge is 0.292 e. The Bertz CT molecular complexity index is 255. The van der Waals surface area contributed by atoms with Crippen LogP contribution in [-0.4, -0.2) is 18.6 Å². The van der Waals surface area contributed by atoms with Gasteiger partial charge in [-0.3, -0.25) is 9.78 Å². The summed E-state index contributed by atoms with van der Waals surface area (Å²) in [7, 11) is 5.39. The molecular weight excluding hydrogens is 137 g/mol. The normalized spacial score (nSPS) is 9.55. The number of carbonyl (C=O) groups is 1. The SMILES string of the molecule is [B]c1ccc(C(=O)CC)nc1. The molecule has 0 fully saturated rings. The number of ketones is 1. The molecule has 2 nitrogen and oxygen atoms in total. The summed E-state index contributed by atoms with van der Waals surface area (Å²) in [6, 6.07) is 3.32. The fourth-order valence-corrected chi connectivity index (χ4v) is 0.751. The molecule has 0 saturated heterocycles. The number of hydrogen-bond acceptors (Lipinski definition) is 2. The van der Waals surface area contributed by atoms with E-state index in [0.29, 0.717) is 17.6 Å². The van der Waals surface area contributed by atoms with Gasteiger partial charge >= 0.3 is 0 Å². The van der Waals surface area contributed by atoms with Gasteiger partial charge < -0.3 is 0 Å². The number of pyridine rings is 1. The van der Waals surface area contributed by atoms with Gasteiger partial charge in [0, 0.05) is 12.6 Å². The van der Waals surface area contributed by atoms with Crippen LogP contribution < -0.4 is 5.46 Å². The van der Waals surface area contributed by atoms with Crippen LogP contribution in [0.4, 0.5) is 0 Å². The van der Waals surface area contributed by atoms with Gasteiger partial charge in [0.25, 0.3) is 0 Å². The minimum Gasteiger partial charge on any atom is -0.292 e. The van der Waals surface area contributed by atoms with Crippen molar-refractivity contribution in [3.05, 3.63) is 24.0 Å². The molecule has 0 bridgehead atoms. The van der Waals surface area contributed by atoms with E-state index in [-0.39, 0.29) is 5.78 Å². The van der Waals surface area contributed by atoms with Crippen molar-refractivity contribution in [2.45, 2.75) is 13.3 Å². The second kappa shape index (κ2) is 3.33. The highest BCUT2D eigenvalue weighted by atomic mass is 16.1. The van der Waals surface area contributed by atoms with E-state index in [9.17, 15) is 4.79 Å². The van der Waals surface area contributed by atoms with Crippen molar-refractivity contribution in [3.8, 4) is 0 Å². The predicted molar refractivity (Wildman–Crippen MR) is 44.2 cm³/mol. The molecule has 0 spiro atoms. The Morgan fingerprint density at radius 1 is 1.64 bits per heavy atom. The summed E-state index contributed by atoms with van der Waals surface area (Å²) < 4.78 is 0. The zero-order valence-corrected chi connectivity index (χ0v) is 6.37. The quantitative estimate of drug-likeness (QED) is 0.447. The summed E-state index contributed by atoms with van der Waals surface area (Å²) in [6.45, 7) is 1.81. The molecule has 0 aliphatic rings. The molecule has 1 aromatic heterocycles. The minimum atomic E-state index is 0.0463. The molecule has 3 heteroatoms. The lowest BCUT2D eigenvalue weighted by atomic mass is 9.98. The van der Waals surface area contributed by atoms with Gasteiger partial charge in [0.05, 0.1) is 0 Å². The van der Waals surface area contributed by atoms with E-state index in [0.717, 1.165) is 0 Å². The monoisotopic (exact) mass is 145 g/mol. The second-order valence-electron chi connectivity index (χ2n) is 2.25. The molecule has 0 N–H and O–H groups in total. The van der Waals surface area contributed by atoms with E-state index in [4.69, 9.17) is 7.85 Å². The van der Waals surface area contributed by atoms with Crippen molar-refractivity contribution in [1.29, 1.82) is 0 Å². The van der Waals surface area contributed by atoms with E-state index in [1.807, 2.05) is 0 Å². The Labute approximate surface area is 67.1 Å². The van der Waals surface area contributed by atoms with E-state index in [1.165, 1.54) is 6.20 Å². The molecule has 0 saturated carbocycles. The maximum atomic E-state index is 11.0. The molecule has 0 aliphatic heterocycles. The number of nitrogens with zero attached hydrogens (tertiary/aromatic N) is 1. The minimum absolute atomic E-state index is 0.0463. The van der Waals surface area contributed by atoms with Gasteiger partial charge in [-0.1, -0.05) is 18.5 Å². The Kier molecular flexibility index (Phi) is 2.42. The van der Waals surface area contributed by atoms with Crippen molar-refractivity contribution in [2.24, 2.45) is 0 Å². The Morgan fingerprint density at radius 2 is 2.36 bits per heavy atom. The van der Waals surface area contributed by atoms with Gasteiger partial charge in [-0.2, -0.15) is 0 Å². The molecule has 1 rings (SSSR count). The Morgan fingerprint density at radius 3 is 2.82 bits per heavy atom. The fourth-order valence-electron chi connectivity index (χ4n) is 0.751. The van der Waals surface area contributed by atoms with Crippen LogP contribution >= 0.6 is 0 Å². The Balaban J connectivity index is 2.90. The van der Waals surface area contributed by atoms with E-state index >= 15 is 0 Å². The number of rotatable bonds is 2. The van der Waals surface area contributed by atoms with Crippen LogP contribution in [0.15, 0.2) is 18.3 Å². The van der Waals surface area contributed by atoms with Gasteiger partial charge in [0.15, 0.2) is 5.78 Å².